The first-order chi connectivity index (χ1) is 24.6. The summed E-state index contributed by atoms with van der Waals surface area (Å²) in [6.07, 6.45) is 3.85. The van der Waals surface area contributed by atoms with Crippen LogP contribution in [0.25, 0.3) is 0 Å². The molecule has 4 amide bonds. The van der Waals surface area contributed by atoms with Gasteiger partial charge in [0.2, 0.25) is 11.8 Å². The number of hydrogen-bond donors (Lipinski definition) is 3. The number of aromatic hydroxyl groups is 1. The van der Waals surface area contributed by atoms with Crippen molar-refractivity contribution in [1.82, 2.24) is 9.91 Å². The van der Waals surface area contributed by atoms with E-state index < -0.39 is 52.8 Å². The standard InChI is InChI=1S/C40H41N3O8/c1-23-15-17-25(18-16-23)41-43-37(48)29-22-28-26(19-20-27-33(28)38(49)42(36(27)47)21-8-4-7-14-32(45)46)35(34-30(44)12-9-13-31(34)51-2)40(29,39(43)50)24-10-5-3-6-11-24/h3,5-6,9-13,15-19,27-29,33,35,41,44H,4,7-8,14,20-22H2,1-2H3,(H,45,46)/t27-,28+,29-,33-,35+,40+/m0/s1. The molecule has 11 nitrogen and oxygen atoms in total. The number of amides is 4. The molecule has 6 atom stereocenters. The number of allylic oxidation sites excluding steroid dienone is 2. The van der Waals surface area contributed by atoms with Gasteiger partial charge in [-0.05, 0) is 68.4 Å². The fourth-order valence-electron chi connectivity index (χ4n) is 9.07. The van der Waals surface area contributed by atoms with Crippen LogP contribution in [0, 0.1) is 30.6 Å². The molecule has 4 aliphatic rings. The summed E-state index contributed by atoms with van der Waals surface area (Å²) in [5.74, 6) is -6.06. The number of aryl methyl sites for hydroxylation is 1. The molecule has 0 aromatic heterocycles. The minimum absolute atomic E-state index is 0.0206. The second kappa shape index (κ2) is 13.4. The highest BCUT2D eigenvalue weighted by molar-refractivity contribution is 6.13. The first-order valence-corrected chi connectivity index (χ1v) is 17.5. The number of likely N-dealkylation sites (tertiary alicyclic amines) is 1. The van der Waals surface area contributed by atoms with Gasteiger partial charge in [0, 0.05) is 24.4 Å². The summed E-state index contributed by atoms with van der Waals surface area (Å²) in [6, 6.07) is 21.4. The lowest BCUT2D eigenvalue weighted by atomic mass is 9.49. The van der Waals surface area contributed by atoms with E-state index in [1.54, 1.807) is 24.3 Å². The molecule has 3 N–H and O–H groups in total. The molecule has 3 fully saturated rings. The zero-order valence-electron chi connectivity index (χ0n) is 28.6. The van der Waals surface area contributed by atoms with Crippen LogP contribution in [0.15, 0.2) is 84.4 Å². The number of unbranched alkanes of at least 4 members (excludes halogenated alkanes) is 2. The molecule has 0 unspecified atom stereocenters. The van der Waals surface area contributed by atoms with Crippen LogP contribution in [0.5, 0.6) is 11.5 Å². The molecule has 0 radical (unpaired) electrons. The lowest BCUT2D eigenvalue weighted by molar-refractivity contribution is -0.141. The number of carbonyl (C=O) groups is 5. The molecular weight excluding hydrogens is 650 g/mol. The zero-order chi connectivity index (χ0) is 36.0. The van der Waals surface area contributed by atoms with Crippen molar-refractivity contribution >= 4 is 35.3 Å². The number of carboxylic acid groups (broad SMARTS) is 1. The molecular formula is C40H41N3O8. The van der Waals surface area contributed by atoms with Gasteiger partial charge >= 0.3 is 5.97 Å². The smallest absolute Gasteiger partial charge is 0.303 e. The molecule has 2 saturated heterocycles. The van der Waals surface area contributed by atoms with Crippen molar-refractivity contribution in [2.45, 2.75) is 56.8 Å². The van der Waals surface area contributed by atoms with Gasteiger partial charge in [-0.25, -0.2) is 0 Å². The van der Waals surface area contributed by atoms with E-state index in [4.69, 9.17) is 9.84 Å². The van der Waals surface area contributed by atoms with Crippen molar-refractivity contribution < 1.29 is 38.9 Å². The third-order valence-corrected chi connectivity index (χ3v) is 11.3. The first-order valence-electron chi connectivity index (χ1n) is 17.5. The van der Waals surface area contributed by atoms with Crippen LogP contribution in [0.1, 0.15) is 61.1 Å². The fraction of sp³-hybridized carbons (Fsp3) is 0.375. The largest absolute Gasteiger partial charge is 0.508 e. The van der Waals surface area contributed by atoms with E-state index >= 15 is 4.79 Å². The van der Waals surface area contributed by atoms with Crippen molar-refractivity contribution in [1.29, 1.82) is 0 Å². The zero-order valence-corrected chi connectivity index (χ0v) is 28.6. The van der Waals surface area contributed by atoms with Crippen LogP contribution in [0.2, 0.25) is 0 Å². The van der Waals surface area contributed by atoms with Gasteiger partial charge in [0.25, 0.3) is 11.8 Å². The molecule has 2 heterocycles. The summed E-state index contributed by atoms with van der Waals surface area (Å²) in [7, 11) is 1.48. The fourth-order valence-corrected chi connectivity index (χ4v) is 9.07. The lowest BCUT2D eigenvalue weighted by Crippen LogP contribution is -2.53. The van der Waals surface area contributed by atoms with E-state index in [0.29, 0.717) is 41.8 Å². The maximum Gasteiger partial charge on any atom is 0.303 e. The van der Waals surface area contributed by atoms with E-state index in [0.717, 1.165) is 16.1 Å². The number of hydrazine groups is 1. The Labute approximate surface area is 295 Å². The molecule has 3 aromatic rings. The van der Waals surface area contributed by atoms with E-state index in [9.17, 15) is 24.3 Å². The molecule has 264 valence electrons. The molecule has 1 saturated carbocycles. The highest BCUT2D eigenvalue weighted by Crippen LogP contribution is 2.65. The van der Waals surface area contributed by atoms with Crippen LogP contribution in [0.3, 0.4) is 0 Å². The monoisotopic (exact) mass is 691 g/mol. The van der Waals surface area contributed by atoms with Gasteiger partial charge in [0.05, 0.1) is 36.0 Å². The Morgan fingerprint density at radius 1 is 0.902 bits per heavy atom. The highest BCUT2D eigenvalue weighted by atomic mass is 16.5. The normalized spacial score (nSPS) is 26.8. The van der Waals surface area contributed by atoms with Gasteiger partial charge in [-0.3, -0.25) is 34.3 Å². The van der Waals surface area contributed by atoms with E-state index in [1.807, 2.05) is 55.5 Å². The summed E-state index contributed by atoms with van der Waals surface area (Å²) in [6.45, 7) is 2.13. The van der Waals surface area contributed by atoms with Crippen LogP contribution in [0.4, 0.5) is 5.69 Å². The van der Waals surface area contributed by atoms with Crippen molar-refractivity contribution in [3.63, 3.8) is 0 Å². The summed E-state index contributed by atoms with van der Waals surface area (Å²) in [5.41, 5.74) is 4.76. The predicted molar refractivity (Wildman–Crippen MR) is 186 cm³/mol. The topological polar surface area (TPSA) is 154 Å². The van der Waals surface area contributed by atoms with Crippen LogP contribution >= 0.6 is 0 Å². The van der Waals surface area contributed by atoms with Crippen molar-refractivity contribution in [2.24, 2.45) is 23.7 Å². The molecule has 11 heteroatoms. The van der Waals surface area contributed by atoms with Crippen molar-refractivity contribution in [3.8, 4) is 11.5 Å². The number of aliphatic carboxylic acids is 1. The number of methoxy groups -OCH3 is 1. The molecule has 2 aliphatic heterocycles. The third kappa shape index (κ3) is 5.46. The average molecular weight is 692 g/mol. The number of ether oxygens (including phenoxy) is 1. The van der Waals surface area contributed by atoms with Gasteiger partial charge in [-0.1, -0.05) is 72.2 Å². The summed E-state index contributed by atoms with van der Waals surface area (Å²) in [5, 5.41) is 21.7. The first kappa shape index (κ1) is 34.0. The number of hydrogen-bond acceptors (Lipinski definition) is 8. The van der Waals surface area contributed by atoms with E-state index in [-0.39, 0.29) is 43.4 Å². The highest BCUT2D eigenvalue weighted by Gasteiger charge is 2.71. The van der Waals surface area contributed by atoms with E-state index in [2.05, 4.69) is 5.43 Å². The average Bonchev–Trinajstić information content (AvgIpc) is 3.49. The maximum atomic E-state index is 15.2. The number of anilines is 1. The number of carbonyl (C=O) groups excluding carboxylic acids is 4. The number of carboxylic acids is 1. The van der Waals surface area contributed by atoms with Crippen LogP contribution in [-0.4, -0.2) is 63.4 Å². The van der Waals surface area contributed by atoms with Gasteiger partial charge in [0.1, 0.15) is 11.5 Å². The van der Waals surface area contributed by atoms with E-state index in [1.165, 1.54) is 18.1 Å². The quantitative estimate of drug-likeness (QED) is 0.137. The minimum atomic E-state index is -1.53. The Morgan fingerprint density at radius 3 is 2.35 bits per heavy atom. The number of imide groups is 2. The Kier molecular flexibility index (Phi) is 8.91. The van der Waals surface area contributed by atoms with Crippen LogP contribution in [-0.2, 0) is 29.4 Å². The van der Waals surface area contributed by atoms with Gasteiger partial charge in [-0.2, -0.15) is 5.01 Å². The van der Waals surface area contributed by atoms with Gasteiger partial charge < -0.3 is 14.9 Å². The molecule has 0 spiro atoms. The third-order valence-electron chi connectivity index (χ3n) is 11.3. The molecule has 3 aromatic carbocycles. The van der Waals surface area contributed by atoms with Crippen molar-refractivity contribution in [2.75, 3.05) is 19.1 Å². The SMILES string of the molecule is COc1cccc(O)c1[C@H]1C2=CC[C@@H]3C(=O)N(CCCCCC(=O)O)C(=O)[C@@H]3[C@@H]2C[C@H]2C(=O)N(Nc3ccc(C)cc3)C(=O)[C@@]12c1ccccc1. The maximum absolute atomic E-state index is 15.2. The Balaban J connectivity index is 1.36. The van der Waals surface area contributed by atoms with Crippen molar-refractivity contribution in [3.05, 3.63) is 101 Å². The Bertz CT molecular complexity index is 1930. The number of nitrogens with zero attached hydrogens (tertiary/aromatic N) is 2. The lowest BCUT2D eigenvalue weighted by Gasteiger charge is -2.50. The Hall–Kier alpha value is -5.45. The van der Waals surface area contributed by atoms with Gasteiger partial charge in [0.15, 0.2) is 0 Å². The molecule has 51 heavy (non-hydrogen) atoms. The number of phenols is 1. The minimum Gasteiger partial charge on any atom is -0.508 e. The van der Waals surface area contributed by atoms with Gasteiger partial charge in [-0.15, -0.1) is 0 Å². The Morgan fingerprint density at radius 2 is 1.65 bits per heavy atom. The van der Waals surface area contributed by atoms with Crippen LogP contribution < -0.4 is 10.2 Å². The second-order valence-corrected chi connectivity index (χ2v) is 14.0. The number of nitrogens with one attached hydrogen (secondary N) is 1. The summed E-state index contributed by atoms with van der Waals surface area (Å²) >= 11 is 0. The summed E-state index contributed by atoms with van der Waals surface area (Å²) < 4.78 is 5.83. The summed E-state index contributed by atoms with van der Waals surface area (Å²) in [4.78, 5) is 70.4. The molecule has 7 rings (SSSR count). The number of fused-ring (bicyclic) bond motifs is 4. The second-order valence-electron chi connectivity index (χ2n) is 14.0. The molecule has 0 bridgehead atoms. The number of rotatable bonds is 11. The number of phenolic OH excluding ortho intramolecular Hbond substituents is 1. The molecule has 2 aliphatic carbocycles. The number of benzene rings is 3. The predicted octanol–water partition coefficient (Wildman–Crippen LogP) is 5.34.